The number of thiophene rings is 1. The largest absolute Gasteiger partial charge is 0.477 e. The third-order valence-electron chi connectivity index (χ3n) is 3.10. The molecule has 2 aromatic rings. The topological polar surface area (TPSA) is 118 Å². The van der Waals surface area contributed by atoms with Crippen LogP contribution in [0.25, 0.3) is 10.2 Å². The number of nitrogens with zero attached hydrogens (tertiary/aromatic N) is 1. The van der Waals surface area contributed by atoms with Crippen molar-refractivity contribution in [2.24, 2.45) is 5.73 Å². The van der Waals surface area contributed by atoms with Crippen molar-refractivity contribution in [3.05, 3.63) is 31.3 Å². The Labute approximate surface area is 117 Å². The van der Waals surface area contributed by atoms with Crippen molar-refractivity contribution in [1.82, 2.24) is 9.55 Å². The van der Waals surface area contributed by atoms with Gasteiger partial charge in [0.25, 0.3) is 5.56 Å². The van der Waals surface area contributed by atoms with Gasteiger partial charge >= 0.3 is 11.7 Å². The average Bonchev–Trinajstić information content (AvgIpc) is 2.70. The molecule has 0 aliphatic heterocycles. The molecule has 108 valence electrons. The van der Waals surface area contributed by atoms with Crippen LogP contribution < -0.4 is 17.0 Å². The van der Waals surface area contributed by atoms with Crippen LogP contribution in [-0.4, -0.2) is 27.2 Å². The minimum atomic E-state index is -1.10. The Bertz CT molecular complexity index is 771. The zero-order chi connectivity index (χ0) is 14.9. The van der Waals surface area contributed by atoms with E-state index in [9.17, 15) is 14.4 Å². The highest BCUT2D eigenvalue weighted by Gasteiger charge is 2.19. The monoisotopic (exact) mass is 297 g/mol. The molecule has 0 spiro atoms. The number of H-pyrrole nitrogens is 1. The predicted molar refractivity (Wildman–Crippen MR) is 76.7 cm³/mol. The number of nitrogens with two attached hydrogens (primary N) is 1. The second-order valence-electron chi connectivity index (χ2n) is 4.45. The van der Waals surface area contributed by atoms with E-state index in [4.69, 9.17) is 10.8 Å². The molecule has 7 nitrogen and oxygen atoms in total. The molecule has 0 saturated carbocycles. The number of carboxylic acid groups (broad SMARTS) is 1. The van der Waals surface area contributed by atoms with Crippen molar-refractivity contribution in [2.75, 3.05) is 6.54 Å². The van der Waals surface area contributed by atoms with Crippen LogP contribution in [0.4, 0.5) is 0 Å². The first-order chi connectivity index (χ1) is 9.47. The van der Waals surface area contributed by atoms with Crippen molar-refractivity contribution in [1.29, 1.82) is 0 Å². The lowest BCUT2D eigenvalue weighted by atomic mass is 10.2. The van der Waals surface area contributed by atoms with E-state index in [0.29, 0.717) is 29.8 Å². The standard InChI is InChI=1S/C12H15N3O4S/c1-6-7-9(20-8(6)11(17)18)14-12(19)15(10(7)16)5-3-2-4-13/h2-5,13H2,1H3,(H,14,19)(H,17,18). The summed E-state index contributed by atoms with van der Waals surface area (Å²) in [6, 6.07) is 0. The van der Waals surface area contributed by atoms with Crippen molar-refractivity contribution in [2.45, 2.75) is 26.3 Å². The Kier molecular flexibility index (Phi) is 4.05. The molecule has 0 saturated heterocycles. The van der Waals surface area contributed by atoms with Gasteiger partial charge in [-0.15, -0.1) is 11.3 Å². The Morgan fingerprint density at radius 2 is 2.10 bits per heavy atom. The second kappa shape index (κ2) is 5.59. The van der Waals surface area contributed by atoms with Crippen LogP contribution in [0.3, 0.4) is 0 Å². The first-order valence-electron chi connectivity index (χ1n) is 6.17. The van der Waals surface area contributed by atoms with Gasteiger partial charge in [0.15, 0.2) is 0 Å². The third kappa shape index (κ3) is 2.39. The first kappa shape index (κ1) is 14.5. The van der Waals surface area contributed by atoms with Gasteiger partial charge in [-0.3, -0.25) is 14.3 Å². The van der Waals surface area contributed by atoms with Gasteiger partial charge in [-0.2, -0.15) is 0 Å². The van der Waals surface area contributed by atoms with Crippen LogP contribution in [-0.2, 0) is 6.54 Å². The molecule has 4 N–H and O–H groups in total. The summed E-state index contributed by atoms with van der Waals surface area (Å²) in [6.07, 6.45) is 1.34. The summed E-state index contributed by atoms with van der Waals surface area (Å²) in [5.74, 6) is -1.10. The van der Waals surface area contributed by atoms with Gasteiger partial charge in [0.1, 0.15) is 9.71 Å². The lowest BCUT2D eigenvalue weighted by Crippen LogP contribution is -2.35. The number of carboxylic acids is 1. The molecule has 0 fully saturated rings. The minimum absolute atomic E-state index is 0.0764. The molecular formula is C12H15N3O4S. The molecule has 0 aliphatic carbocycles. The zero-order valence-corrected chi connectivity index (χ0v) is 11.7. The number of aromatic amines is 1. The number of unbranched alkanes of at least 4 members (excludes halogenated alkanes) is 1. The molecule has 2 rings (SSSR count). The Morgan fingerprint density at radius 1 is 1.40 bits per heavy atom. The number of hydrogen-bond donors (Lipinski definition) is 3. The van der Waals surface area contributed by atoms with Gasteiger partial charge in [0.2, 0.25) is 0 Å². The molecule has 0 unspecified atom stereocenters. The highest BCUT2D eigenvalue weighted by Crippen LogP contribution is 2.25. The highest BCUT2D eigenvalue weighted by molar-refractivity contribution is 7.20. The quantitative estimate of drug-likeness (QED) is 0.694. The highest BCUT2D eigenvalue weighted by atomic mass is 32.1. The van der Waals surface area contributed by atoms with E-state index in [1.165, 1.54) is 0 Å². The smallest absolute Gasteiger partial charge is 0.346 e. The molecule has 8 heteroatoms. The van der Waals surface area contributed by atoms with Gasteiger partial charge in [-0.05, 0) is 31.9 Å². The van der Waals surface area contributed by atoms with Crippen LogP contribution in [0.1, 0.15) is 28.1 Å². The summed E-state index contributed by atoms with van der Waals surface area (Å²) < 4.78 is 1.10. The summed E-state index contributed by atoms with van der Waals surface area (Å²) in [6.45, 7) is 2.35. The maximum absolute atomic E-state index is 12.3. The van der Waals surface area contributed by atoms with E-state index in [-0.39, 0.29) is 16.8 Å². The molecule has 0 atom stereocenters. The van der Waals surface area contributed by atoms with Crippen LogP contribution in [0.15, 0.2) is 9.59 Å². The average molecular weight is 297 g/mol. The number of rotatable bonds is 5. The third-order valence-corrected chi connectivity index (χ3v) is 4.30. The number of nitrogens with one attached hydrogen (secondary N) is 1. The normalized spacial score (nSPS) is 11.1. The van der Waals surface area contributed by atoms with E-state index < -0.39 is 17.2 Å². The number of aromatic carboxylic acids is 1. The van der Waals surface area contributed by atoms with E-state index in [1.54, 1.807) is 6.92 Å². The molecule has 20 heavy (non-hydrogen) atoms. The van der Waals surface area contributed by atoms with E-state index in [2.05, 4.69) is 4.98 Å². The molecular weight excluding hydrogens is 282 g/mol. The fraction of sp³-hybridized carbons (Fsp3) is 0.417. The van der Waals surface area contributed by atoms with Gasteiger partial charge in [-0.1, -0.05) is 0 Å². The maximum Gasteiger partial charge on any atom is 0.346 e. The van der Waals surface area contributed by atoms with E-state index in [0.717, 1.165) is 15.9 Å². The fourth-order valence-electron chi connectivity index (χ4n) is 2.07. The van der Waals surface area contributed by atoms with Gasteiger partial charge in [-0.25, -0.2) is 9.59 Å². The van der Waals surface area contributed by atoms with Crippen molar-refractivity contribution < 1.29 is 9.90 Å². The Morgan fingerprint density at radius 3 is 2.70 bits per heavy atom. The van der Waals surface area contributed by atoms with Gasteiger partial charge in [0, 0.05) is 6.54 Å². The molecule has 0 aromatic carbocycles. The molecule has 2 heterocycles. The van der Waals surface area contributed by atoms with Crippen LogP contribution >= 0.6 is 11.3 Å². The minimum Gasteiger partial charge on any atom is -0.477 e. The molecule has 0 amide bonds. The van der Waals surface area contributed by atoms with E-state index >= 15 is 0 Å². The van der Waals surface area contributed by atoms with Crippen molar-refractivity contribution in [3.8, 4) is 0 Å². The van der Waals surface area contributed by atoms with Crippen LogP contribution in [0.2, 0.25) is 0 Å². The van der Waals surface area contributed by atoms with Gasteiger partial charge in [0.05, 0.1) is 5.39 Å². The van der Waals surface area contributed by atoms with Crippen LogP contribution in [0.5, 0.6) is 0 Å². The lowest BCUT2D eigenvalue weighted by Gasteiger charge is -2.04. The molecule has 2 aromatic heterocycles. The Hall–Kier alpha value is -1.93. The van der Waals surface area contributed by atoms with Crippen LogP contribution in [0, 0.1) is 6.92 Å². The number of aromatic nitrogens is 2. The second-order valence-corrected chi connectivity index (χ2v) is 5.47. The summed E-state index contributed by atoms with van der Waals surface area (Å²) in [4.78, 5) is 38.2. The summed E-state index contributed by atoms with van der Waals surface area (Å²) >= 11 is 0.909. The first-order valence-corrected chi connectivity index (χ1v) is 6.98. The van der Waals surface area contributed by atoms with Gasteiger partial charge < -0.3 is 10.8 Å². The fourth-order valence-corrected chi connectivity index (χ4v) is 3.10. The van der Waals surface area contributed by atoms with Crippen molar-refractivity contribution in [3.63, 3.8) is 0 Å². The lowest BCUT2D eigenvalue weighted by molar-refractivity contribution is 0.0701. The van der Waals surface area contributed by atoms with E-state index in [1.807, 2.05) is 0 Å². The summed E-state index contributed by atoms with van der Waals surface area (Å²) in [5.41, 5.74) is 4.82. The number of hydrogen-bond acceptors (Lipinski definition) is 5. The summed E-state index contributed by atoms with van der Waals surface area (Å²) in [7, 11) is 0. The number of carbonyl (C=O) groups is 1. The molecule has 0 bridgehead atoms. The Balaban J connectivity index is 2.62. The number of aryl methyl sites for hydroxylation is 1. The predicted octanol–water partition coefficient (Wildman–Crippen LogP) is 0.497. The maximum atomic E-state index is 12.3. The zero-order valence-electron chi connectivity index (χ0n) is 10.9. The van der Waals surface area contributed by atoms with Crippen molar-refractivity contribution >= 4 is 27.5 Å². The number of fused-ring (bicyclic) bond motifs is 1. The molecule has 0 radical (unpaired) electrons. The summed E-state index contributed by atoms with van der Waals surface area (Å²) in [5, 5.41) is 9.34. The SMILES string of the molecule is Cc1c(C(=O)O)sc2[nH]c(=O)n(CCCCN)c(=O)c12. The molecule has 0 aliphatic rings.